The van der Waals surface area contributed by atoms with Crippen molar-refractivity contribution in [2.24, 2.45) is 5.92 Å². The molecule has 0 aromatic heterocycles. The van der Waals surface area contributed by atoms with E-state index < -0.39 is 5.60 Å². The molecule has 0 saturated heterocycles. The molecule has 120 valence electrons. The summed E-state index contributed by atoms with van der Waals surface area (Å²) in [6, 6.07) is 7.97. The molecule has 2 aliphatic rings. The molecule has 0 heterocycles. The fraction of sp³-hybridized carbons (Fsp3) is 0.611. The SMILES string of the molecule is COc1cccc(C2CC2C(=O)N(C)CC2(O)CCCC2)c1. The molecular formula is C18H25NO3. The largest absolute Gasteiger partial charge is 0.497 e. The van der Waals surface area contributed by atoms with Crippen LogP contribution in [-0.4, -0.2) is 42.2 Å². The first-order valence-electron chi connectivity index (χ1n) is 8.14. The summed E-state index contributed by atoms with van der Waals surface area (Å²) in [7, 11) is 3.48. The fourth-order valence-corrected chi connectivity index (χ4v) is 3.70. The molecule has 1 aromatic carbocycles. The van der Waals surface area contributed by atoms with Crippen LogP contribution in [0.25, 0.3) is 0 Å². The third-order valence-corrected chi connectivity index (χ3v) is 5.07. The zero-order chi connectivity index (χ0) is 15.7. The molecule has 2 fully saturated rings. The Hall–Kier alpha value is -1.55. The third kappa shape index (κ3) is 3.12. The molecule has 4 heteroatoms. The van der Waals surface area contributed by atoms with Crippen LogP contribution in [0.15, 0.2) is 24.3 Å². The molecule has 1 aromatic rings. The van der Waals surface area contributed by atoms with Crippen LogP contribution >= 0.6 is 0 Å². The van der Waals surface area contributed by atoms with Crippen LogP contribution in [0.5, 0.6) is 5.75 Å². The lowest BCUT2D eigenvalue weighted by Gasteiger charge is -2.28. The van der Waals surface area contributed by atoms with Crippen LogP contribution in [-0.2, 0) is 4.79 Å². The number of nitrogens with zero attached hydrogens (tertiary/aromatic N) is 1. The summed E-state index contributed by atoms with van der Waals surface area (Å²) in [6.07, 6.45) is 4.65. The fourth-order valence-electron chi connectivity index (χ4n) is 3.70. The van der Waals surface area contributed by atoms with Gasteiger partial charge in [-0.1, -0.05) is 25.0 Å². The first-order chi connectivity index (χ1) is 10.5. The molecule has 3 rings (SSSR count). The van der Waals surface area contributed by atoms with E-state index in [2.05, 4.69) is 6.07 Å². The van der Waals surface area contributed by atoms with Gasteiger partial charge in [-0.3, -0.25) is 4.79 Å². The standard InChI is InChI=1S/C18H25NO3/c1-19(12-18(21)8-3-4-9-18)17(20)16-11-15(16)13-6-5-7-14(10-13)22-2/h5-7,10,15-16,21H,3-4,8-9,11-12H2,1-2H3. The number of rotatable bonds is 5. The number of carbonyl (C=O) groups excluding carboxylic acids is 1. The van der Waals surface area contributed by atoms with Gasteiger partial charge in [0.2, 0.25) is 5.91 Å². The quantitative estimate of drug-likeness (QED) is 0.909. The second-order valence-corrected chi connectivity index (χ2v) is 6.85. The molecule has 0 bridgehead atoms. The van der Waals surface area contributed by atoms with Crippen LogP contribution < -0.4 is 4.74 Å². The monoisotopic (exact) mass is 303 g/mol. The second kappa shape index (κ2) is 5.92. The first kappa shape index (κ1) is 15.3. The Balaban J connectivity index is 1.59. The smallest absolute Gasteiger partial charge is 0.226 e. The zero-order valence-corrected chi connectivity index (χ0v) is 13.4. The van der Waals surface area contributed by atoms with E-state index in [0.717, 1.165) is 37.9 Å². The van der Waals surface area contributed by atoms with Crippen molar-refractivity contribution in [3.8, 4) is 5.75 Å². The van der Waals surface area contributed by atoms with E-state index in [1.54, 1.807) is 12.0 Å². The van der Waals surface area contributed by atoms with Gasteiger partial charge in [-0.2, -0.15) is 0 Å². The Morgan fingerprint density at radius 2 is 2.14 bits per heavy atom. The van der Waals surface area contributed by atoms with E-state index in [1.165, 1.54) is 5.56 Å². The topological polar surface area (TPSA) is 49.8 Å². The lowest BCUT2D eigenvalue weighted by Crippen LogP contribution is -2.42. The van der Waals surface area contributed by atoms with Gasteiger partial charge in [0.1, 0.15) is 5.75 Å². The number of amides is 1. The molecule has 2 saturated carbocycles. The maximum atomic E-state index is 12.6. The predicted molar refractivity (Wildman–Crippen MR) is 84.9 cm³/mol. The normalized spacial score (nSPS) is 25.8. The highest BCUT2D eigenvalue weighted by molar-refractivity contribution is 5.83. The Kier molecular flexibility index (Phi) is 4.13. The number of carbonyl (C=O) groups is 1. The van der Waals surface area contributed by atoms with Gasteiger partial charge < -0.3 is 14.7 Å². The van der Waals surface area contributed by atoms with Crippen LogP contribution in [0.1, 0.15) is 43.6 Å². The summed E-state index contributed by atoms with van der Waals surface area (Å²) in [6.45, 7) is 0.465. The van der Waals surface area contributed by atoms with E-state index in [-0.39, 0.29) is 11.8 Å². The van der Waals surface area contributed by atoms with Gasteiger partial charge in [0, 0.05) is 19.5 Å². The molecule has 0 aliphatic heterocycles. The summed E-state index contributed by atoms with van der Waals surface area (Å²) < 4.78 is 5.25. The Labute approximate surface area is 132 Å². The van der Waals surface area contributed by atoms with Gasteiger partial charge in [0.05, 0.1) is 12.7 Å². The number of aliphatic hydroxyl groups is 1. The number of hydrogen-bond donors (Lipinski definition) is 1. The number of likely N-dealkylation sites (N-methyl/N-ethyl adjacent to an activating group) is 1. The Morgan fingerprint density at radius 1 is 1.41 bits per heavy atom. The van der Waals surface area contributed by atoms with Gasteiger partial charge in [0.15, 0.2) is 0 Å². The lowest BCUT2D eigenvalue weighted by atomic mass is 10.0. The highest BCUT2D eigenvalue weighted by atomic mass is 16.5. The summed E-state index contributed by atoms with van der Waals surface area (Å²) >= 11 is 0. The number of methoxy groups -OCH3 is 1. The van der Waals surface area contributed by atoms with E-state index in [9.17, 15) is 9.90 Å². The van der Waals surface area contributed by atoms with Crippen molar-refractivity contribution in [2.75, 3.05) is 20.7 Å². The molecular weight excluding hydrogens is 278 g/mol. The van der Waals surface area contributed by atoms with Crippen molar-refractivity contribution in [2.45, 2.75) is 43.6 Å². The molecule has 2 aliphatic carbocycles. The van der Waals surface area contributed by atoms with Crippen molar-refractivity contribution in [3.05, 3.63) is 29.8 Å². The molecule has 2 atom stereocenters. The minimum atomic E-state index is -0.662. The van der Waals surface area contributed by atoms with Crippen molar-refractivity contribution in [3.63, 3.8) is 0 Å². The summed E-state index contributed by atoms with van der Waals surface area (Å²) in [4.78, 5) is 14.3. The molecule has 0 spiro atoms. The van der Waals surface area contributed by atoms with Crippen molar-refractivity contribution < 1.29 is 14.6 Å². The summed E-state index contributed by atoms with van der Waals surface area (Å²) in [5, 5.41) is 10.5. The predicted octanol–water partition coefficient (Wildman–Crippen LogP) is 2.56. The Morgan fingerprint density at radius 3 is 2.82 bits per heavy atom. The molecule has 4 nitrogen and oxygen atoms in total. The van der Waals surface area contributed by atoms with Gasteiger partial charge in [0.25, 0.3) is 0 Å². The van der Waals surface area contributed by atoms with Crippen LogP contribution in [0.3, 0.4) is 0 Å². The first-order valence-corrected chi connectivity index (χ1v) is 8.14. The summed E-state index contributed by atoms with van der Waals surface area (Å²) in [5.41, 5.74) is 0.510. The molecule has 0 radical (unpaired) electrons. The molecule has 1 N–H and O–H groups in total. The number of ether oxygens (including phenoxy) is 1. The van der Waals surface area contributed by atoms with Gasteiger partial charge in [-0.25, -0.2) is 0 Å². The van der Waals surface area contributed by atoms with Gasteiger partial charge >= 0.3 is 0 Å². The number of hydrogen-bond acceptors (Lipinski definition) is 3. The van der Waals surface area contributed by atoms with Crippen molar-refractivity contribution >= 4 is 5.91 Å². The summed E-state index contributed by atoms with van der Waals surface area (Å²) in [5.74, 6) is 1.35. The van der Waals surface area contributed by atoms with E-state index in [4.69, 9.17) is 4.74 Å². The average molecular weight is 303 g/mol. The van der Waals surface area contributed by atoms with Crippen LogP contribution in [0.2, 0.25) is 0 Å². The number of benzene rings is 1. The van der Waals surface area contributed by atoms with Gasteiger partial charge in [-0.05, 0) is 42.9 Å². The highest BCUT2D eigenvalue weighted by Crippen LogP contribution is 2.49. The Bertz CT molecular complexity index is 551. The minimum Gasteiger partial charge on any atom is -0.497 e. The van der Waals surface area contributed by atoms with Crippen molar-refractivity contribution in [1.29, 1.82) is 0 Å². The van der Waals surface area contributed by atoms with E-state index in [1.807, 2.05) is 25.2 Å². The van der Waals surface area contributed by atoms with Crippen molar-refractivity contribution in [1.82, 2.24) is 4.90 Å². The van der Waals surface area contributed by atoms with Crippen LogP contribution in [0.4, 0.5) is 0 Å². The molecule has 22 heavy (non-hydrogen) atoms. The second-order valence-electron chi connectivity index (χ2n) is 6.85. The maximum absolute atomic E-state index is 12.6. The minimum absolute atomic E-state index is 0.0575. The van der Waals surface area contributed by atoms with E-state index in [0.29, 0.717) is 12.5 Å². The molecule has 1 amide bonds. The average Bonchev–Trinajstić information content (AvgIpc) is 3.22. The van der Waals surface area contributed by atoms with E-state index >= 15 is 0 Å². The molecule has 2 unspecified atom stereocenters. The zero-order valence-electron chi connectivity index (χ0n) is 13.4. The third-order valence-electron chi connectivity index (χ3n) is 5.07. The van der Waals surface area contributed by atoms with Crippen LogP contribution in [0, 0.1) is 5.92 Å². The highest BCUT2D eigenvalue weighted by Gasteiger charge is 2.46. The maximum Gasteiger partial charge on any atom is 0.226 e. The lowest BCUT2D eigenvalue weighted by molar-refractivity contribution is -0.134. The van der Waals surface area contributed by atoms with Gasteiger partial charge in [-0.15, -0.1) is 0 Å².